The van der Waals surface area contributed by atoms with E-state index < -0.39 is 10.0 Å². The highest BCUT2D eigenvalue weighted by Gasteiger charge is 2.33. The summed E-state index contributed by atoms with van der Waals surface area (Å²) in [6.07, 6.45) is 2.07. The average Bonchev–Trinajstić information content (AvgIpc) is 3.38. The van der Waals surface area contributed by atoms with E-state index in [-0.39, 0.29) is 23.3 Å². The quantitative estimate of drug-likeness (QED) is 0.770. The van der Waals surface area contributed by atoms with Crippen LogP contribution in [-0.2, 0) is 10.0 Å². The summed E-state index contributed by atoms with van der Waals surface area (Å²) in [5.74, 6) is 1.69. The molecule has 1 aliphatic rings. The van der Waals surface area contributed by atoms with E-state index in [1.54, 1.807) is 24.3 Å². The molecule has 1 aliphatic carbocycles. The Kier molecular flexibility index (Phi) is 6.46. The van der Waals surface area contributed by atoms with Crippen LogP contribution in [0, 0.1) is 12.8 Å². The number of hydrogen-bond acceptors (Lipinski definition) is 4. The summed E-state index contributed by atoms with van der Waals surface area (Å²) >= 11 is 0. The zero-order valence-corrected chi connectivity index (χ0v) is 15.6. The van der Waals surface area contributed by atoms with Gasteiger partial charge in [0.15, 0.2) is 0 Å². The van der Waals surface area contributed by atoms with E-state index >= 15 is 0 Å². The molecule has 5 nitrogen and oxygen atoms in total. The molecule has 2 aromatic rings. The number of halogens is 1. The number of sulfonamides is 1. The Bertz CT molecular complexity index is 805. The van der Waals surface area contributed by atoms with Crippen LogP contribution < -0.4 is 15.2 Å². The molecule has 3 rings (SSSR count). The number of nitrogens with two attached hydrogens (primary N) is 1. The minimum Gasteiger partial charge on any atom is -0.457 e. The molecule has 0 heterocycles. The van der Waals surface area contributed by atoms with Crippen molar-refractivity contribution in [2.45, 2.75) is 30.7 Å². The summed E-state index contributed by atoms with van der Waals surface area (Å²) in [7, 11) is -3.56. The van der Waals surface area contributed by atoms with Gasteiger partial charge in [0.05, 0.1) is 4.90 Å². The third kappa shape index (κ3) is 5.19. The van der Waals surface area contributed by atoms with Gasteiger partial charge in [-0.05, 0) is 67.6 Å². The fourth-order valence-electron chi connectivity index (χ4n) is 2.60. The lowest BCUT2D eigenvalue weighted by Crippen LogP contribution is -2.41. The van der Waals surface area contributed by atoms with Gasteiger partial charge in [-0.3, -0.25) is 0 Å². The van der Waals surface area contributed by atoms with Crippen LogP contribution in [0.15, 0.2) is 53.4 Å². The van der Waals surface area contributed by atoms with E-state index in [0.717, 1.165) is 24.2 Å². The van der Waals surface area contributed by atoms with Crippen molar-refractivity contribution in [3.05, 3.63) is 54.1 Å². The first kappa shape index (κ1) is 19.7. The molecule has 0 amide bonds. The molecule has 1 saturated carbocycles. The Morgan fingerprint density at radius 2 is 1.84 bits per heavy atom. The first-order valence-corrected chi connectivity index (χ1v) is 9.53. The Morgan fingerprint density at radius 3 is 2.40 bits per heavy atom. The van der Waals surface area contributed by atoms with Crippen LogP contribution in [0.2, 0.25) is 0 Å². The van der Waals surface area contributed by atoms with Gasteiger partial charge in [-0.15, -0.1) is 12.4 Å². The number of benzene rings is 2. The van der Waals surface area contributed by atoms with Crippen LogP contribution in [0.5, 0.6) is 11.5 Å². The maximum Gasteiger partial charge on any atom is 0.240 e. The van der Waals surface area contributed by atoms with Crippen molar-refractivity contribution in [1.29, 1.82) is 0 Å². The lowest BCUT2D eigenvalue weighted by Gasteiger charge is -2.16. The molecule has 0 aromatic heterocycles. The first-order valence-electron chi connectivity index (χ1n) is 8.05. The molecule has 1 atom stereocenters. The SMILES string of the molecule is Cc1cccc(Oc2ccc(S(=O)(=O)NC(CN)C3CC3)cc2)c1.Cl. The molecular weight excluding hydrogens is 360 g/mol. The van der Waals surface area contributed by atoms with Crippen molar-refractivity contribution in [2.24, 2.45) is 11.7 Å². The van der Waals surface area contributed by atoms with Crippen molar-refractivity contribution < 1.29 is 13.2 Å². The fourth-order valence-corrected chi connectivity index (χ4v) is 3.92. The van der Waals surface area contributed by atoms with Gasteiger partial charge in [0.1, 0.15) is 11.5 Å². The summed E-state index contributed by atoms with van der Waals surface area (Å²) in [5, 5.41) is 0. The van der Waals surface area contributed by atoms with Gasteiger partial charge in [0.2, 0.25) is 10.0 Å². The third-order valence-electron chi connectivity index (χ3n) is 4.11. The molecule has 0 bridgehead atoms. The Balaban J connectivity index is 0.00000225. The molecule has 0 spiro atoms. The number of ether oxygens (including phenoxy) is 1. The Labute approximate surface area is 155 Å². The molecular formula is C18H23ClN2O3S. The highest BCUT2D eigenvalue weighted by molar-refractivity contribution is 7.89. The largest absolute Gasteiger partial charge is 0.457 e. The molecule has 1 unspecified atom stereocenters. The van der Waals surface area contributed by atoms with Crippen molar-refractivity contribution in [3.8, 4) is 11.5 Å². The smallest absolute Gasteiger partial charge is 0.240 e. The summed E-state index contributed by atoms with van der Waals surface area (Å²) in [6.45, 7) is 2.31. The molecule has 7 heteroatoms. The van der Waals surface area contributed by atoms with E-state index in [1.807, 2.05) is 31.2 Å². The summed E-state index contributed by atoms with van der Waals surface area (Å²) < 4.78 is 33.3. The lowest BCUT2D eigenvalue weighted by atomic mass is 10.2. The van der Waals surface area contributed by atoms with Crippen LogP contribution in [0.4, 0.5) is 0 Å². The van der Waals surface area contributed by atoms with E-state index in [2.05, 4.69) is 4.72 Å². The predicted octanol–water partition coefficient (Wildman–Crippen LogP) is 3.22. The molecule has 2 aromatic carbocycles. The van der Waals surface area contributed by atoms with E-state index in [0.29, 0.717) is 18.2 Å². The molecule has 25 heavy (non-hydrogen) atoms. The number of nitrogens with one attached hydrogen (secondary N) is 1. The van der Waals surface area contributed by atoms with Crippen LogP contribution in [-0.4, -0.2) is 21.0 Å². The topological polar surface area (TPSA) is 81.4 Å². The molecule has 3 N–H and O–H groups in total. The monoisotopic (exact) mass is 382 g/mol. The van der Waals surface area contributed by atoms with Gasteiger partial charge >= 0.3 is 0 Å². The van der Waals surface area contributed by atoms with Crippen molar-refractivity contribution in [2.75, 3.05) is 6.54 Å². The minimum absolute atomic E-state index is 0. The van der Waals surface area contributed by atoms with E-state index in [1.165, 1.54) is 0 Å². The second-order valence-corrected chi connectivity index (χ2v) is 7.90. The lowest BCUT2D eigenvalue weighted by molar-refractivity contribution is 0.481. The third-order valence-corrected chi connectivity index (χ3v) is 5.62. The zero-order valence-electron chi connectivity index (χ0n) is 14.0. The van der Waals surface area contributed by atoms with Gasteiger partial charge in [0, 0.05) is 12.6 Å². The van der Waals surface area contributed by atoms with Crippen molar-refractivity contribution >= 4 is 22.4 Å². The Hall–Kier alpha value is -1.60. The first-order chi connectivity index (χ1) is 11.5. The molecule has 0 saturated heterocycles. The maximum atomic E-state index is 12.4. The van der Waals surface area contributed by atoms with Gasteiger partial charge in [-0.25, -0.2) is 13.1 Å². The van der Waals surface area contributed by atoms with E-state index in [9.17, 15) is 8.42 Å². The predicted molar refractivity (Wildman–Crippen MR) is 101 cm³/mol. The number of aryl methyl sites for hydroxylation is 1. The van der Waals surface area contributed by atoms with Crippen molar-refractivity contribution in [1.82, 2.24) is 4.72 Å². The summed E-state index contributed by atoms with van der Waals surface area (Å²) in [6, 6.07) is 13.9. The number of hydrogen-bond donors (Lipinski definition) is 2. The van der Waals surface area contributed by atoms with Gasteiger partial charge in [-0.1, -0.05) is 12.1 Å². The standard InChI is InChI=1S/C18H22N2O3S.ClH/c1-13-3-2-4-16(11-13)23-15-7-9-17(10-8-15)24(21,22)20-18(12-19)14-5-6-14;/h2-4,7-11,14,18,20H,5-6,12,19H2,1H3;1H. The van der Waals surface area contributed by atoms with Crippen molar-refractivity contribution in [3.63, 3.8) is 0 Å². The fraction of sp³-hybridized carbons (Fsp3) is 0.333. The number of rotatable bonds is 7. The van der Waals surface area contributed by atoms with Crippen LogP contribution in [0.1, 0.15) is 18.4 Å². The Morgan fingerprint density at radius 1 is 1.16 bits per heavy atom. The van der Waals surface area contributed by atoms with Crippen LogP contribution in [0.25, 0.3) is 0 Å². The van der Waals surface area contributed by atoms with Gasteiger partial charge in [-0.2, -0.15) is 0 Å². The normalized spacial score (nSPS) is 15.3. The molecule has 1 fully saturated rings. The molecule has 0 aliphatic heterocycles. The molecule has 0 radical (unpaired) electrons. The highest BCUT2D eigenvalue weighted by atomic mass is 35.5. The van der Waals surface area contributed by atoms with Crippen LogP contribution in [0.3, 0.4) is 0 Å². The second-order valence-electron chi connectivity index (χ2n) is 6.19. The van der Waals surface area contributed by atoms with Gasteiger partial charge < -0.3 is 10.5 Å². The minimum atomic E-state index is -3.56. The summed E-state index contributed by atoms with van der Waals surface area (Å²) in [5.41, 5.74) is 6.77. The van der Waals surface area contributed by atoms with Crippen LogP contribution >= 0.6 is 12.4 Å². The maximum absolute atomic E-state index is 12.4. The average molecular weight is 383 g/mol. The zero-order chi connectivity index (χ0) is 17.2. The van der Waals surface area contributed by atoms with Gasteiger partial charge in [0.25, 0.3) is 0 Å². The van der Waals surface area contributed by atoms with E-state index in [4.69, 9.17) is 10.5 Å². The highest BCUT2D eigenvalue weighted by Crippen LogP contribution is 2.33. The second kappa shape index (κ2) is 8.19. The molecule has 136 valence electrons. The summed E-state index contributed by atoms with van der Waals surface area (Å²) in [4.78, 5) is 0.221.